The lowest BCUT2D eigenvalue weighted by Gasteiger charge is -2.39. The second-order valence-corrected chi connectivity index (χ2v) is 16.8. The minimum atomic E-state index is -1.59. The first kappa shape index (κ1) is 50.6. The zero-order valence-corrected chi connectivity index (χ0v) is 35.6. The van der Waals surface area contributed by atoms with Gasteiger partial charge < -0.3 is 39.4 Å². The first-order valence-corrected chi connectivity index (χ1v) is 23.2. The van der Waals surface area contributed by atoms with Crippen LogP contribution in [-0.2, 0) is 28.5 Å². The van der Waals surface area contributed by atoms with Crippen molar-refractivity contribution in [2.24, 2.45) is 11.8 Å². The molecule has 2 unspecified atom stereocenters. The molecular weight excluding hydrogens is 712 g/mol. The lowest BCUT2D eigenvalue weighted by molar-refractivity contribution is -0.305. The van der Waals surface area contributed by atoms with Gasteiger partial charge >= 0.3 is 11.9 Å². The van der Waals surface area contributed by atoms with Crippen molar-refractivity contribution in [3.63, 3.8) is 0 Å². The van der Waals surface area contributed by atoms with E-state index in [2.05, 4.69) is 26.0 Å². The SMILES string of the molecule is CCCCCCCC/C=C\CCCCCCCC(=O)O[C@H](COC(=O)CCCCCCCC1CC1CCCCCCCC)CO[C@@H]1O[C@H](CO)[C@@H](O)[C@H](O)[C@H]1O. The van der Waals surface area contributed by atoms with E-state index in [-0.39, 0.29) is 32.0 Å². The number of rotatable bonds is 37. The molecule has 0 aromatic carbocycles. The number of hydrogen-bond acceptors (Lipinski definition) is 10. The summed E-state index contributed by atoms with van der Waals surface area (Å²) in [6.07, 6.45) is 29.8. The van der Waals surface area contributed by atoms with Gasteiger partial charge in [0.25, 0.3) is 0 Å². The predicted octanol–water partition coefficient (Wildman–Crippen LogP) is 9.41. The molecule has 1 saturated heterocycles. The lowest BCUT2D eigenvalue weighted by atomic mass is 9.99. The number of hydrogen-bond donors (Lipinski definition) is 4. The highest BCUT2D eigenvalue weighted by Crippen LogP contribution is 2.45. The molecule has 10 heteroatoms. The number of ether oxygens (including phenoxy) is 4. The third-order valence-electron chi connectivity index (χ3n) is 11.6. The summed E-state index contributed by atoms with van der Waals surface area (Å²) in [5.74, 6) is 1.11. The van der Waals surface area contributed by atoms with Gasteiger partial charge in [-0.1, -0.05) is 154 Å². The molecule has 1 heterocycles. The maximum Gasteiger partial charge on any atom is 0.306 e. The van der Waals surface area contributed by atoms with E-state index in [9.17, 15) is 30.0 Å². The van der Waals surface area contributed by atoms with E-state index in [0.29, 0.717) is 6.42 Å². The van der Waals surface area contributed by atoms with Gasteiger partial charge in [-0.05, 0) is 56.8 Å². The monoisotopic (exact) mass is 797 g/mol. The second kappa shape index (κ2) is 33.3. The van der Waals surface area contributed by atoms with Gasteiger partial charge in [0.2, 0.25) is 0 Å². The van der Waals surface area contributed by atoms with Gasteiger partial charge in [0.1, 0.15) is 31.0 Å². The summed E-state index contributed by atoms with van der Waals surface area (Å²) in [7, 11) is 0. The average molecular weight is 797 g/mol. The van der Waals surface area contributed by atoms with Crippen molar-refractivity contribution >= 4 is 11.9 Å². The van der Waals surface area contributed by atoms with Crippen LogP contribution in [0.25, 0.3) is 0 Å². The van der Waals surface area contributed by atoms with E-state index in [1.807, 2.05) is 0 Å². The van der Waals surface area contributed by atoms with Crippen LogP contribution < -0.4 is 0 Å². The van der Waals surface area contributed by atoms with Crippen molar-refractivity contribution in [1.82, 2.24) is 0 Å². The van der Waals surface area contributed by atoms with Gasteiger partial charge in [-0.15, -0.1) is 0 Å². The van der Waals surface area contributed by atoms with Crippen molar-refractivity contribution in [2.45, 2.75) is 237 Å². The molecule has 2 aliphatic rings. The summed E-state index contributed by atoms with van der Waals surface area (Å²) in [5, 5.41) is 40.1. The van der Waals surface area contributed by atoms with Crippen molar-refractivity contribution in [1.29, 1.82) is 0 Å². The molecule has 0 aromatic heterocycles. The highest BCUT2D eigenvalue weighted by molar-refractivity contribution is 5.70. The van der Waals surface area contributed by atoms with E-state index in [1.54, 1.807) is 0 Å². The molecule has 56 heavy (non-hydrogen) atoms. The lowest BCUT2D eigenvalue weighted by Crippen LogP contribution is -2.59. The van der Waals surface area contributed by atoms with E-state index in [1.165, 1.54) is 116 Å². The second-order valence-electron chi connectivity index (χ2n) is 16.8. The van der Waals surface area contributed by atoms with Crippen LogP contribution in [-0.4, -0.2) is 89.0 Å². The smallest absolute Gasteiger partial charge is 0.306 e. The highest BCUT2D eigenvalue weighted by Gasteiger charge is 2.44. The van der Waals surface area contributed by atoms with Crippen molar-refractivity contribution < 1.29 is 49.0 Å². The molecule has 10 nitrogen and oxygen atoms in total. The van der Waals surface area contributed by atoms with Gasteiger partial charge in [-0.2, -0.15) is 0 Å². The molecule has 2 fully saturated rings. The number of carbonyl (C=O) groups excluding carboxylic acids is 2. The maximum atomic E-state index is 12.8. The van der Waals surface area contributed by atoms with Gasteiger partial charge in [-0.25, -0.2) is 0 Å². The molecule has 8 atom stereocenters. The molecular formula is C46H84O10. The van der Waals surface area contributed by atoms with E-state index >= 15 is 0 Å². The van der Waals surface area contributed by atoms with Crippen molar-refractivity contribution in [3.8, 4) is 0 Å². The predicted molar refractivity (Wildman–Crippen MR) is 222 cm³/mol. The third-order valence-corrected chi connectivity index (χ3v) is 11.6. The first-order chi connectivity index (χ1) is 27.3. The Hall–Kier alpha value is -1.56. The van der Waals surface area contributed by atoms with Gasteiger partial charge in [0.05, 0.1) is 13.2 Å². The molecule has 0 amide bonds. The summed E-state index contributed by atoms with van der Waals surface area (Å²) < 4.78 is 22.2. The van der Waals surface area contributed by atoms with Crippen LogP contribution in [0.1, 0.15) is 200 Å². The van der Waals surface area contributed by atoms with Crippen molar-refractivity contribution in [3.05, 3.63) is 12.2 Å². The zero-order chi connectivity index (χ0) is 40.6. The fourth-order valence-electron chi connectivity index (χ4n) is 7.78. The summed E-state index contributed by atoms with van der Waals surface area (Å²) in [6.45, 7) is 3.44. The number of unbranched alkanes of at least 4 members (excludes halogenated alkanes) is 20. The maximum absolute atomic E-state index is 12.8. The Bertz CT molecular complexity index is 989. The fourth-order valence-corrected chi connectivity index (χ4v) is 7.78. The normalized spacial score (nSPS) is 24.1. The Morgan fingerprint density at radius 2 is 1.09 bits per heavy atom. The van der Waals surface area contributed by atoms with Gasteiger partial charge in [-0.3, -0.25) is 9.59 Å². The van der Waals surface area contributed by atoms with Crippen LogP contribution in [0.2, 0.25) is 0 Å². The average Bonchev–Trinajstić information content (AvgIpc) is 3.95. The molecule has 2 rings (SSSR count). The van der Waals surface area contributed by atoms with E-state index in [0.717, 1.165) is 63.2 Å². The molecule has 4 N–H and O–H groups in total. The zero-order valence-electron chi connectivity index (χ0n) is 35.6. The Morgan fingerprint density at radius 3 is 1.62 bits per heavy atom. The van der Waals surface area contributed by atoms with Crippen LogP contribution in [0, 0.1) is 11.8 Å². The molecule has 0 bridgehead atoms. The number of allylic oxidation sites excluding steroid dienone is 2. The molecule has 1 saturated carbocycles. The van der Waals surface area contributed by atoms with Crippen LogP contribution in [0.4, 0.5) is 0 Å². The Labute approximate surface area is 340 Å². The molecule has 1 aliphatic carbocycles. The summed E-state index contributed by atoms with van der Waals surface area (Å²) in [4.78, 5) is 25.4. The number of aliphatic hydroxyl groups excluding tert-OH is 4. The largest absolute Gasteiger partial charge is 0.462 e. The van der Waals surface area contributed by atoms with Crippen LogP contribution >= 0.6 is 0 Å². The van der Waals surface area contributed by atoms with Gasteiger partial charge in [0, 0.05) is 12.8 Å². The summed E-state index contributed by atoms with van der Waals surface area (Å²) in [5.41, 5.74) is 0. The minimum Gasteiger partial charge on any atom is -0.462 e. The highest BCUT2D eigenvalue weighted by atomic mass is 16.7. The van der Waals surface area contributed by atoms with Crippen molar-refractivity contribution in [2.75, 3.05) is 19.8 Å². The Kier molecular flexibility index (Phi) is 30.1. The molecule has 0 radical (unpaired) electrons. The Balaban J connectivity index is 1.62. The third kappa shape index (κ3) is 24.4. The topological polar surface area (TPSA) is 152 Å². The van der Waals surface area contributed by atoms with Crippen LogP contribution in [0.15, 0.2) is 12.2 Å². The summed E-state index contributed by atoms with van der Waals surface area (Å²) in [6, 6.07) is 0. The van der Waals surface area contributed by atoms with E-state index < -0.39 is 49.4 Å². The number of carbonyl (C=O) groups is 2. The molecule has 0 aromatic rings. The first-order valence-electron chi connectivity index (χ1n) is 23.2. The minimum absolute atomic E-state index is 0.213. The fraction of sp³-hybridized carbons (Fsp3) is 0.913. The number of esters is 2. The number of aliphatic hydroxyl groups is 4. The standard InChI is InChI=1S/C46H84O10/c1-3-5-7-9-11-12-13-14-15-16-17-18-19-23-28-32-42(49)55-39(36-54-46-45(52)44(51)43(50)40(34-47)56-46)35-53-41(48)31-27-24-20-22-26-30-38-33-37(38)29-25-21-10-8-6-4-2/h14-15,37-40,43-47,50-52H,3-13,16-36H2,1-2H3/b15-14-/t37?,38?,39-,40-,43-,44+,45-,46-/m1/s1. The molecule has 328 valence electrons. The molecule has 1 aliphatic heterocycles. The van der Waals surface area contributed by atoms with E-state index in [4.69, 9.17) is 18.9 Å². The quantitative estimate of drug-likeness (QED) is 0.0272. The molecule has 0 spiro atoms. The van der Waals surface area contributed by atoms with Crippen LogP contribution in [0.5, 0.6) is 0 Å². The Morgan fingerprint density at radius 1 is 0.607 bits per heavy atom. The van der Waals surface area contributed by atoms with Gasteiger partial charge in [0.15, 0.2) is 12.4 Å². The summed E-state index contributed by atoms with van der Waals surface area (Å²) >= 11 is 0. The van der Waals surface area contributed by atoms with Crippen LogP contribution in [0.3, 0.4) is 0 Å².